The highest BCUT2D eigenvalue weighted by Crippen LogP contribution is 2.59. The summed E-state index contributed by atoms with van der Waals surface area (Å²) < 4.78 is 6.05. The fourth-order valence-corrected chi connectivity index (χ4v) is 5.56. The molecular formula is C22H23N3O5S. The third kappa shape index (κ3) is 2.56. The van der Waals surface area contributed by atoms with Crippen LogP contribution < -0.4 is 21.1 Å². The number of nitrogens with one attached hydrogen (secondary N) is 2. The molecule has 2 fully saturated rings. The fourth-order valence-electron chi connectivity index (χ4n) is 4.79. The summed E-state index contributed by atoms with van der Waals surface area (Å²) in [6.45, 7) is 4.06. The summed E-state index contributed by atoms with van der Waals surface area (Å²) in [7, 11) is 0. The molecule has 2 aliphatic carbocycles. The van der Waals surface area contributed by atoms with E-state index in [2.05, 4.69) is 10.6 Å². The number of hydrogen-bond acceptors (Lipinski definition) is 7. The van der Waals surface area contributed by atoms with E-state index in [1.807, 2.05) is 19.9 Å². The van der Waals surface area contributed by atoms with Crippen LogP contribution in [0.5, 0.6) is 5.75 Å². The molecule has 8 nitrogen and oxygen atoms in total. The van der Waals surface area contributed by atoms with E-state index in [-0.39, 0.29) is 28.1 Å². The molecule has 2 heterocycles. The number of aliphatic hydroxyl groups is 1. The van der Waals surface area contributed by atoms with Crippen molar-refractivity contribution in [2.45, 2.75) is 50.0 Å². The molecule has 0 radical (unpaired) electrons. The van der Waals surface area contributed by atoms with Crippen LogP contribution in [0.25, 0.3) is 0 Å². The number of carbonyl (C=O) groups excluding carboxylic acids is 3. The minimum absolute atomic E-state index is 0.205. The van der Waals surface area contributed by atoms with E-state index in [4.69, 9.17) is 10.5 Å². The van der Waals surface area contributed by atoms with Crippen LogP contribution in [0.1, 0.15) is 43.7 Å². The Kier molecular flexibility index (Phi) is 4.29. The number of benzene rings is 1. The molecule has 31 heavy (non-hydrogen) atoms. The van der Waals surface area contributed by atoms with E-state index in [9.17, 15) is 19.5 Å². The van der Waals surface area contributed by atoms with Gasteiger partial charge in [0.25, 0.3) is 11.0 Å². The lowest BCUT2D eigenvalue weighted by molar-refractivity contribution is -0.160. The Morgan fingerprint density at radius 2 is 2.16 bits per heavy atom. The smallest absolute Gasteiger partial charge is 0.279 e. The van der Waals surface area contributed by atoms with Crippen LogP contribution in [-0.2, 0) is 15.1 Å². The lowest BCUT2D eigenvalue weighted by atomic mass is 9.82. The molecule has 0 aromatic heterocycles. The van der Waals surface area contributed by atoms with Crippen molar-refractivity contribution >= 4 is 28.7 Å². The van der Waals surface area contributed by atoms with Gasteiger partial charge in [-0.05, 0) is 30.4 Å². The Hall–Kier alpha value is -2.78. The van der Waals surface area contributed by atoms with Gasteiger partial charge in [-0.3, -0.25) is 14.4 Å². The van der Waals surface area contributed by atoms with Gasteiger partial charge >= 0.3 is 0 Å². The summed E-state index contributed by atoms with van der Waals surface area (Å²) in [6, 6.07) is 4.56. The maximum Gasteiger partial charge on any atom is 0.279 e. The molecule has 1 saturated heterocycles. The van der Waals surface area contributed by atoms with Crippen molar-refractivity contribution in [2.75, 3.05) is 5.75 Å². The normalized spacial score (nSPS) is 31.1. The minimum Gasteiger partial charge on any atom is -0.454 e. The third-order valence-corrected chi connectivity index (χ3v) is 7.31. The van der Waals surface area contributed by atoms with E-state index in [1.54, 1.807) is 18.2 Å². The monoisotopic (exact) mass is 441 g/mol. The average Bonchev–Trinajstić information content (AvgIpc) is 3.32. The van der Waals surface area contributed by atoms with Gasteiger partial charge in [0.1, 0.15) is 11.8 Å². The van der Waals surface area contributed by atoms with Crippen LogP contribution >= 0.6 is 11.8 Å². The predicted octanol–water partition coefficient (Wildman–Crippen LogP) is 1.54. The molecule has 0 bridgehead atoms. The van der Waals surface area contributed by atoms with E-state index < -0.39 is 29.1 Å². The third-order valence-electron chi connectivity index (χ3n) is 6.43. The van der Waals surface area contributed by atoms with Gasteiger partial charge in [0.2, 0.25) is 17.2 Å². The molecule has 1 saturated carbocycles. The van der Waals surface area contributed by atoms with Crippen molar-refractivity contribution in [3.05, 3.63) is 52.2 Å². The number of ether oxygens (including phenoxy) is 1. The van der Waals surface area contributed by atoms with Crippen LogP contribution in [0, 0.1) is 0 Å². The maximum absolute atomic E-state index is 13.8. The molecule has 1 aromatic rings. The molecular weight excluding hydrogens is 418 g/mol. The average molecular weight is 442 g/mol. The number of ketones is 1. The van der Waals surface area contributed by atoms with Crippen LogP contribution in [0.3, 0.4) is 0 Å². The van der Waals surface area contributed by atoms with Gasteiger partial charge in [0, 0.05) is 28.2 Å². The topological polar surface area (TPSA) is 131 Å². The van der Waals surface area contributed by atoms with Crippen molar-refractivity contribution in [1.82, 2.24) is 10.6 Å². The Balaban J connectivity index is 1.69. The van der Waals surface area contributed by atoms with Crippen molar-refractivity contribution < 1.29 is 24.2 Å². The summed E-state index contributed by atoms with van der Waals surface area (Å²) in [5.41, 5.74) is 6.51. The maximum atomic E-state index is 13.8. The molecule has 1 aromatic carbocycles. The zero-order valence-electron chi connectivity index (χ0n) is 17.2. The van der Waals surface area contributed by atoms with Gasteiger partial charge in [-0.1, -0.05) is 43.8 Å². The number of nitrogens with two attached hydrogens (primary N) is 1. The molecule has 2 amide bonds. The summed E-state index contributed by atoms with van der Waals surface area (Å²) >= 11 is 0.995. The number of Topliss-reactive ketones (excluding diaryl/α,β-unsaturated/α-hetero) is 1. The highest BCUT2D eigenvalue weighted by Gasteiger charge is 2.74. The van der Waals surface area contributed by atoms with E-state index in [0.29, 0.717) is 29.9 Å². The summed E-state index contributed by atoms with van der Waals surface area (Å²) in [4.78, 5) is 38.5. The quantitative estimate of drug-likeness (QED) is 0.560. The van der Waals surface area contributed by atoms with Crippen LogP contribution in [0.15, 0.2) is 41.1 Å². The van der Waals surface area contributed by atoms with Gasteiger partial charge < -0.3 is 26.2 Å². The number of allylic oxidation sites excluding steroid dienone is 2. The Morgan fingerprint density at radius 1 is 1.39 bits per heavy atom. The standard InChI is InChI=1S/C22H23N3O5S/c1-10(2)11-6-7-12-16(8-11)30-22(29)13-4-3-5-14(23)17(13)18(26)21(12,22)25-19(27)15-9-31-20(28)24-15/h4,6-8,10,15,29H,3,5,9,23H2,1-2H3,(H,24,28)(H,25,27). The summed E-state index contributed by atoms with van der Waals surface area (Å²) in [5.74, 6) is -2.39. The SMILES string of the molecule is CC(C)c1ccc2c(c1)OC1(O)C3=CCCC(N)=C3C(=O)C21NC(=O)C1CSC(=O)N1. The number of amides is 2. The van der Waals surface area contributed by atoms with Crippen molar-refractivity contribution in [2.24, 2.45) is 5.73 Å². The van der Waals surface area contributed by atoms with E-state index in [0.717, 1.165) is 17.3 Å². The van der Waals surface area contributed by atoms with Gasteiger partial charge in [0.15, 0.2) is 0 Å². The first kappa shape index (κ1) is 20.1. The lowest BCUT2D eigenvalue weighted by Crippen LogP contribution is -2.64. The van der Waals surface area contributed by atoms with Crippen molar-refractivity contribution in [3.63, 3.8) is 0 Å². The van der Waals surface area contributed by atoms with Crippen LogP contribution in [-0.4, -0.2) is 39.6 Å². The lowest BCUT2D eigenvalue weighted by Gasteiger charge is -2.34. The zero-order valence-corrected chi connectivity index (χ0v) is 18.0. The molecule has 5 rings (SSSR count). The predicted molar refractivity (Wildman–Crippen MR) is 114 cm³/mol. The first-order chi connectivity index (χ1) is 14.7. The Labute approximate surface area is 183 Å². The Bertz CT molecular complexity index is 1110. The zero-order chi connectivity index (χ0) is 22.1. The second-order valence-electron chi connectivity index (χ2n) is 8.58. The molecule has 3 atom stereocenters. The molecule has 3 unspecified atom stereocenters. The molecule has 162 valence electrons. The van der Waals surface area contributed by atoms with Crippen molar-refractivity contribution in [1.29, 1.82) is 0 Å². The number of hydrogen-bond donors (Lipinski definition) is 4. The van der Waals surface area contributed by atoms with Crippen molar-refractivity contribution in [3.8, 4) is 5.75 Å². The number of fused-ring (bicyclic) bond motifs is 5. The second-order valence-corrected chi connectivity index (χ2v) is 9.57. The number of rotatable bonds is 3. The van der Waals surface area contributed by atoms with Gasteiger partial charge in [-0.25, -0.2) is 0 Å². The molecule has 2 aliphatic heterocycles. The molecule has 9 heteroatoms. The molecule has 5 N–H and O–H groups in total. The first-order valence-electron chi connectivity index (χ1n) is 10.2. The summed E-state index contributed by atoms with van der Waals surface area (Å²) in [5, 5.41) is 16.9. The largest absolute Gasteiger partial charge is 0.454 e. The van der Waals surface area contributed by atoms with Gasteiger partial charge in [0.05, 0.1) is 0 Å². The minimum atomic E-state index is -2.12. The highest BCUT2D eigenvalue weighted by atomic mass is 32.2. The molecule has 0 spiro atoms. The fraction of sp³-hybridized carbons (Fsp3) is 0.409. The summed E-state index contributed by atoms with van der Waals surface area (Å²) in [6.07, 6.45) is 2.79. The van der Waals surface area contributed by atoms with Crippen LogP contribution in [0.2, 0.25) is 0 Å². The highest BCUT2D eigenvalue weighted by molar-refractivity contribution is 8.14. The number of thioether (sulfide) groups is 1. The Morgan fingerprint density at radius 3 is 2.84 bits per heavy atom. The first-order valence-corrected chi connectivity index (χ1v) is 11.2. The van der Waals surface area contributed by atoms with Gasteiger partial charge in [-0.15, -0.1) is 0 Å². The molecule has 4 aliphatic rings. The number of carbonyl (C=O) groups is 3. The van der Waals surface area contributed by atoms with Crippen LogP contribution in [0.4, 0.5) is 4.79 Å². The van der Waals surface area contributed by atoms with Gasteiger partial charge in [-0.2, -0.15) is 0 Å². The second kappa shape index (κ2) is 6.61. The van der Waals surface area contributed by atoms with E-state index >= 15 is 0 Å². The van der Waals surface area contributed by atoms with E-state index in [1.165, 1.54) is 0 Å².